The van der Waals surface area contributed by atoms with Crippen LogP contribution < -0.4 is 10.2 Å². The Labute approximate surface area is 170 Å². The number of carboxylic acids is 2. The van der Waals surface area contributed by atoms with Crippen LogP contribution in [0.4, 0.5) is 11.4 Å². The Kier molecular flexibility index (Phi) is 7.36. The summed E-state index contributed by atoms with van der Waals surface area (Å²) in [4.78, 5) is 36.7. The SMILES string of the molecule is CC(CCCc1ccc(C(=O)O)cc1)C(=O)Nc1cc(N(C)C)ccc1C(=O)O. The molecule has 7 nitrogen and oxygen atoms in total. The van der Waals surface area contributed by atoms with Crippen LogP contribution in [0.15, 0.2) is 42.5 Å². The highest BCUT2D eigenvalue weighted by Crippen LogP contribution is 2.24. The van der Waals surface area contributed by atoms with E-state index >= 15 is 0 Å². The minimum absolute atomic E-state index is 0.0506. The fourth-order valence-corrected chi connectivity index (χ4v) is 2.91. The second kappa shape index (κ2) is 9.73. The van der Waals surface area contributed by atoms with Gasteiger partial charge in [0.1, 0.15) is 0 Å². The van der Waals surface area contributed by atoms with Gasteiger partial charge in [-0.2, -0.15) is 0 Å². The Balaban J connectivity index is 1.95. The average molecular weight is 398 g/mol. The van der Waals surface area contributed by atoms with Crippen LogP contribution in [0.5, 0.6) is 0 Å². The van der Waals surface area contributed by atoms with Crippen LogP contribution in [-0.2, 0) is 11.2 Å². The highest BCUT2D eigenvalue weighted by atomic mass is 16.4. The van der Waals surface area contributed by atoms with Gasteiger partial charge in [0.15, 0.2) is 0 Å². The van der Waals surface area contributed by atoms with E-state index in [0.29, 0.717) is 6.42 Å². The topological polar surface area (TPSA) is 107 Å². The molecule has 2 rings (SSSR count). The zero-order valence-corrected chi connectivity index (χ0v) is 16.8. The molecule has 154 valence electrons. The number of aryl methyl sites for hydroxylation is 1. The summed E-state index contributed by atoms with van der Waals surface area (Å²) in [6.07, 6.45) is 2.11. The van der Waals surface area contributed by atoms with Crippen LogP contribution in [0.25, 0.3) is 0 Å². The standard InChI is InChI=1S/C22H26N2O5/c1-14(5-4-6-15-7-9-16(10-8-15)21(26)27)20(25)23-19-13-17(24(2)3)11-12-18(19)22(28)29/h7-14H,4-6H2,1-3H3,(H,23,25)(H,26,27)(H,28,29). The maximum absolute atomic E-state index is 12.5. The minimum Gasteiger partial charge on any atom is -0.478 e. The number of carbonyl (C=O) groups is 3. The first kappa shape index (κ1) is 21.9. The minimum atomic E-state index is -1.09. The van der Waals surface area contributed by atoms with Gasteiger partial charge in [-0.1, -0.05) is 19.1 Å². The molecular weight excluding hydrogens is 372 g/mol. The summed E-state index contributed by atoms with van der Waals surface area (Å²) in [6.45, 7) is 1.80. The van der Waals surface area contributed by atoms with Gasteiger partial charge in [-0.25, -0.2) is 9.59 Å². The van der Waals surface area contributed by atoms with Crippen molar-refractivity contribution in [1.82, 2.24) is 0 Å². The lowest BCUT2D eigenvalue weighted by Crippen LogP contribution is -2.22. The highest BCUT2D eigenvalue weighted by Gasteiger charge is 2.18. The molecule has 3 N–H and O–H groups in total. The summed E-state index contributed by atoms with van der Waals surface area (Å²) in [5.74, 6) is -2.58. The van der Waals surface area contributed by atoms with E-state index in [2.05, 4.69) is 5.32 Å². The molecule has 0 aliphatic carbocycles. The Morgan fingerprint density at radius 3 is 2.21 bits per heavy atom. The van der Waals surface area contributed by atoms with E-state index in [-0.39, 0.29) is 28.6 Å². The second-order valence-corrected chi connectivity index (χ2v) is 7.21. The van der Waals surface area contributed by atoms with E-state index in [1.165, 1.54) is 6.07 Å². The number of aromatic carboxylic acids is 2. The van der Waals surface area contributed by atoms with Gasteiger partial charge in [0.2, 0.25) is 5.91 Å². The summed E-state index contributed by atoms with van der Waals surface area (Å²) in [6, 6.07) is 11.5. The van der Waals surface area contributed by atoms with Gasteiger partial charge in [0, 0.05) is 25.7 Å². The van der Waals surface area contributed by atoms with E-state index in [0.717, 1.165) is 24.1 Å². The molecule has 0 aliphatic heterocycles. The molecule has 0 bridgehead atoms. The van der Waals surface area contributed by atoms with Crippen LogP contribution in [-0.4, -0.2) is 42.2 Å². The molecule has 0 spiro atoms. The maximum Gasteiger partial charge on any atom is 0.337 e. The first-order chi connectivity index (χ1) is 13.7. The number of amides is 1. The van der Waals surface area contributed by atoms with Gasteiger partial charge in [-0.15, -0.1) is 0 Å². The zero-order valence-electron chi connectivity index (χ0n) is 16.8. The number of carboxylic acid groups (broad SMARTS) is 2. The molecule has 0 aromatic heterocycles. The first-order valence-electron chi connectivity index (χ1n) is 9.36. The Hall–Kier alpha value is -3.35. The number of benzene rings is 2. The van der Waals surface area contributed by atoms with Crippen molar-refractivity contribution >= 4 is 29.2 Å². The molecule has 0 heterocycles. The molecule has 0 aliphatic rings. The third-order valence-electron chi connectivity index (χ3n) is 4.76. The fraction of sp³-hybridized carbons (Fsp3) is 0.318. The van der Waals surface area contributed by atoms with Gasteiger partial charge in [0.25, 0.3) is 0 Å². The number of hydrogen-bond acceptors (Lipinski definition) is 4. The number of anilines is 2. The first-order valence-corrected chi connectivity index (χ1v) is 9.36. The van der Waals surface area contributed by atoms with Crippen LogP contribution in [0.2, 0.25) is 0 Å². The summed E-state index contributed by atoms with van der Waals surface area (Å²) < 4.78 is 0. The van der Waals surface area contributed by atoms with Crippen LogP contribution in [0.3, 0.4) is 0 Å². The van der Waals surface area contributed by atoms with Crippen molar-refractivity contribution < 1.29 is 24.6 Å². The van der Waals surface area contributed by atoms with Gasteiger partial charge in [-0.05, 0) is 55.2 Å². The fourth-order valence-electron chi connectivity index (χ4n) is 2.91. The molecular formula is C22H26N2O5. The lowest BCUT2D eigenvalue weighted by Gasteiger charge is -2.17. The molecule has 29 heavy (non-hydrogen) atoms. The predicted octanol–water partition coefficient (Wildman–Crippen LogP) is 3.75. The smallest absolute Gasteiger partial charge is 0.337 e. The van der Waals surface area contributed by atoms with Crippen molar-refractivity contribution in [2.45, 2.75) is 26.2 Å². The van der Waals surface area contributed by atoms with Crippen molar-refractivity contribution in [3.8, 4) is 0 Å². The summed E-state index contributed by atoms with van der Waals surface area (Å²) >= 11 is 0. The Morgan fingerprint density at radius 2 is 1.66 bits per heavy atom. The average Bonchev–Trinajstić information content (AvgIpc) is 2.67. The molecule has 0 radical (unpaired) electrons. The van der Waals surface area contributed by atoms with E-state index in [9.17, 15) is 19.5 Å². The monoisotopic (exact) mass is 398 g/mol. The van der Waals surface area contributed by atoms with Crippen molar-refractivity contribution in [2.24, 2.45) is 5.92 Å². The third kappa shape index (κ3) is 6.07. The maximum atomic E-state index is 12.5. The van der Waals surface area contributed by atoms with Crippen LogP contribution >= 0.6 is 0 Å². The number of hydrogen-bond donors (Lipinski definition) is 3. The summed E-state index contributed by atoms with van der Waals surface area (Å²) in [7, 11) is 3.68. The van der Waals surface area contributed by atoms with Crippen molar-refractivity contribution in [2.75, 3.05) is 24.3 Å². The zero-order chi connectivity index (χ0) is 21.6. The van der Waals surface area contributed by atoms with Crippen molar-refractivity contribution in [3.63, 3.8) is 0 Å². The molecule has 1 unspecified atom stereocenters. The largest absolute Gasteiger partial charge is 0.478 e. The van der Waals surface area contributed by atoms with E-state index in [1.54, 1.807) is 43.3 Å². The lowest BCUT2D eigenvalue weighted by atomic mass is 9.99. The van der Waals surface area contributed by atoms with E-state index < -0.39 is 11.9 Å². The van der Waals surface area contributed by atoms with E-state index in [4.69, 9.17) is 5.11 Å². The number of rotatable bonds is 9. The quantitative estimate of drug-likeness (QED) is 0.594. The van der Waals surface area contributed by atoms with Gasteiger partial charge in [-0.3, -0.25) is 4.79 Å². The summed E-state index contributed by atoms with van der Waals surface area (Å²) in [5, 5.41) is 21.0. The molecule has 2 aromatic rings. The Morgan fingerprint density at radius 1 is 1.00 bits per heavy atom. The highest BCUT2D eigenvalue weighted by molar-refractivity contribution is 6.01. The van der Waals surface area contributed by atoms with E-state index in [1.807, 2.05) is 19.0 Å². The molecule has 0 fully saturated rings. The third-order valence-corrected chi connectivity index (χ3v) is 4.76. The van der Waals surface area contributed by atoms with Crippen LogP contribution in [0, 0.1) is 5.92 Å². The molecule has 7 heteroatoms. The number of carbonyl (C=O) groups excluding carboxylic acids is 1. The van der Waals surface area contributed by atoms with Gasteiger partial charge in [0.05, 0.1) is 16.8 Å². The number of nitrogens with one attached hydrogen (secondary N) is 1. The lowest BCUT2D eigenvalue weighted by molar-refractivity contribution is -0.119. The molecule has 1 amide bonds. The van der Waals surface area contributed by atoms with Gasteiger partial charge >= 0.3 is 11.9 Å². The molecule has 0 saturated carbocycles. The molecule has 1 atom stereocenters. The van der Waals surface area contributed by atoms with Crippen molar-refractivity contribution in [3.05, 3.63) is 59.2 Å². The second-order valence-electron chi connectivity index (χ2n) is 7.21. The predicted molar refractivity (Wildman–Crippen MR) is 112 cm³/mol. The van der Waals surface area contributed by atoms with Crippen LogP contribution in [0.1, 0.15) is 46.0 Å². The normalized spacial score (nSPS) is 11.6. The molecule has 2 aromatic carbocycles. The number of nitrogens with zero attached hydrogens (tertiary/aromatic N) is 1. The van der Waals surface area contributed by atoms with Gasteiger partial charge < -0.3 is 20.4 Å². The Bertz CT molecular complexity index is 891. The molecule has 0 saturated heterocycles. The van der Waals surface area contributed by atoms with Crippen molar-refractivity contribution in [1.29, 1.82) is 0 Å². The summed E-state index contributed by atoms with van der Waals surface area (Å²) in [5.41, 5.74) is 2.38.